The number of hydrogen-bond donors (Lipinski definition) is 1. The Morgan fingerprint density at radius 2 is 2.06 bits per heavy atom. The molecule has 1 aliphatic rings. The highest BCUT2D eigenvalue weighted by Gasteiger charge is 2.22. The lowest BCUT2D eigenvalue weighted by Crippen LogP contribution is -2.39. The molecule has 1 fully saturated rings. The van der Waals surface area contributed by atoms with Gasteiger partial charge in [-0.15, -0.1) is 11.3 Å². The number of carbonyl (C=O) groups is 1. The van der Waals surface area contributed by atoms with Crippen LogP contribution in [0.2, 0.25) is 0 Å². The Morgan fingerprint density at radius 1 is 1.33 bits per heavy atom. The molecule has 0 saturated carbocycles. The molecule has 1 aromatic heterocycles. The molecule has 4 heteroatoms. The van der Waals surface area contributed by atoms with Crippen molar-refractivity contribution in [2.45, 2.75) is 44.6 Å². The van der Waals surface area contributed by atoms with E-state index in [-0.39, 0.29) is 12.5 Å². The first-order chi connectivity index (χ1) is 8.75. The first-order valence-corrected chi connectivity index (χ1v) is 7.62. The smallest absolute Gasteiger partial charge is 0.304 e. The molecule has 2 rings (SSSR count). The molecule has 0 aromatic carbocycles. The summed E-state index contributed by atoms with van der Waals surface area (Å²) in [5.74, 6) is -0.680. The number of carboxylic acids is 1. The third kappa shape index (κ3) is 4.10. The fraction of sp³-hybridized carbons (Fsp3) is 0.643. The van der Waals surface area contributed by atoms with Gasteiger partial charge in [0, 0.05) is 10.9 Å². The maximum atomic E-state index is 11.0. The van der Waals surface area contributed by atoms with Crippen LogP contribution in [-0.4, -0.2) is 35.1 Å². The van der Waals surface area contributed by atoms with E-state index >= 15 is 0 Å². The number of thiophene rings is 1. The molecule has 0 bridgehead atoms. The van der Waals surface area contributed by atoms with Gasteiger partial charge in [0.25, 0.3) is 0 Å². The van der Waals surface area contributed by atoms with Gasteiger partial charge in [-0.3, -0.25) is 9.69 Å². The van der Waals surface area contributed by atoms with Gasteiger partial charge in [0.2, 0.25) is 0 Å². The van der Waals surface area contributed by atoms with Crippen LogP contribution < -0.4 is 0 Å². The minimum absolute atomic E-state index is 0.166. The van der Waals surface area contributed by atoms with Gasteiger partial charge in [-0.2, -0.15) is 0 Å². The monoisotopic (exact) mass is 267 g/mol. The van der Waals surface area contributed by atoms with Gasteiger partial charge in [0.1, 0.15) is 0 Å². The number of carboxylic acid groups (broad SMARTS) is 1. The van der Waals surface area contributed by atoms with Gasteiger partial charge in [0.15, 0.2) is 0 Å². The van der Waals surface area contributed by atoms with Crippen molar-refractivity contribution in [3.63, 3.8) is 0 Å². The van der Waals surface area contributed by atoms with Crippen LogP contribution in [0.25, 0.3) is 0 Å². The van der Waals surface area contributed by atoms with Crippen LogP contribution in [-0.2, 0) is 11.2 Å². The van der Waals surface area contributed by atoms with E-state index in [1.54, 1.807) is 11.3 Å². The zero-order chi connectivity index (χ0) is 12.8. The van der Waals surface area contributed by atoms with Crippen LogP contribution in [0.1, 0.15) is 37.0 Å². The van der Waals surface area contributed by atoms with E-state index in [1.165, 1.54) is 30.6 Å². The Kier molecular flexibility index (Phi) is 5.20. The second-order valence-electron chi connectivity index (χ2n) is 4.99. The van der Waals surface area contributed by atoms with Crippen molar-refractivity contribution in [1.82, 2.24) is 4.90 Å². The highest BCUT2D eigenvalue weighted by molar-refractivity contribution is 7.09. The van der Waals surface area contributed by atoms with Gasteiger partial charge in [0.05, 0.1) is 6.42 Å². The maximum absolute atomic E-state index is 11.0. The summed E-state index contributed by atoms with van der Waals surface area (Å²) >= 11 is 1.73. The van der Waals surface area contributed by atoms with Crippen LogP contribution in [0.4, 0.5) is 0 Å². The molecule has 100 valence electrons. The van der Waals surface area contributed by atoms with Gasteiger partial charge in [-0.05, 0) is 43.8 Å². The van der Waals surface area contributed by atoms with E-state index in [0.29, 0.717) is 0 Å². The fourth-order valence-corrected chi connectivity index (χ4v) is 3.43. The van der Waals surface area contributed by atoms with E-state index in [9.17, 15) is 4.79 Å². The van der Waals surface area contributed by atoms with Gasteiger partial charge in [-0.25, -0.2) is 0 Å². The molecule has 2 heterocycles. The number of likely N-dealkylation sites (tertiary alicyclic amines) is 1. The summed E-state index contributed by atoms with van der Waals surface area (Å²) in [5.41, 5.74) is 0. The molecule has 0 spiro atoms. The summed E-state index contributed by atoms with van der Waals surface area (Å²) in [6.07, 6.45) is 6.13. The van der Waals surface area contributed by atoms with E-state index in [2.05, 4.69) is 16.3 Å². The maximum Gasteiger partial charge on any atom is 0.304 e. The Bertz CT molecular complexity index is 356. The lowest BCUT2D eigenvalue weighted by atomic mass is 10.1. The van der Waals surface area contributed by atoms with Gasteiger partial charge in [-0.1, -0.05) is 18.9 Å². The van der Waals surface area contributed by atoms with Crippen molar-refractivity contribution in [3.8, 4) is 0 Å². The molecule has 1 aromatic rings. The lowest BCUT2D eigenvalue weighted by Gasteiger charge is -2.29. The summed E-state index contributed by atoms with van der Waals surface area (Å²) < 4.78 is 0. The zero-order valence-corrected chi connectivity index (χ0v) is 11.5. The molecule has 0 aliphatic carbocycles. The molecular formula is C14H21NO2S. The first-order valence-electron chi connectivity index (χ1n) is 6.74. The molecule has 1 saturated heterocycles. The SMILES string of the molecule is O=C(O)CC(Cc1cccs1)N1CCCCCC1. The second-order valence-corrected chi connectivity index (χ2v) is 6.02. The molecule has 0 radical (unpaired) electrons. The van der Waals surface area contributed by atoms with E-state index in [4.69, 9.17) is 5.11 Å². The standard InChI is InChI=1S/C14H21NO2S/c16-14(17)11-12(10-13-6-5-9-18-13)15-7-3-1-2-4-8-15/h5-6,9,12H,1-4,7-8,10-11H2,(H,16,17). The predicted octanol–water partition coefficient (Wildman–Crippen LogP) is 3.01. The van der Waals surface area contributed by atoms with Crippen LogP contribution in [0.3, 0.4) is 0 Å². The Hall–Kier alpha value is -0.870. The molecule has 1 aliphatic heterocycles. The minimum atomic E-state index is -0.680. The van der Waals surface area contributed by atoms with Crippen molar-refractivity contribution in [2.75, 3.05) is 13.1 Å². The average Bonchev–Trinajstić information content (AvgIpc) is 2.68. The largest absolute Gasteiger partial charge is 0.481 e. The van der Waals surface area contributed by atoms with E-state index in [0.717, 1.165) is 19.5 Å². The highest BCUT2D eigenvalue weighted by atomic mass is 32.1. The van der Waals surface area contributed by atoms with Crippen molar-refractivity contribution < 1.29 is 9.90 Å². The third-order valence-electron chi connectivity index (χ3n) is 3.58. The van der Waals surface area contributed by atoms with Gasteiger partial charge >= 0.3 is 5.97 Å². The molecule has 18 heavy (non-hydrogen) atoms. The normalized spacial score (nSPS) is 19.3. The summed E-state index contributed by atoms with van der Waals surface area (Å²) in [6.45, 7) is 2.12. The number of hydrogen-bond acceptors (Lipinski definition) is 3. The van der Waals surface area contributed by atoms with Crippen LogP contribution in [0.15, 0.2) is 17.5 Å². The summed E-state index contributed by atoms with van der Waals surface area (Å²) in [5, 5.41) is 11.2. The van der Waals surface area contributed by atoms with Crippen LogP contribution >= 0.6 is 11.3 Å². The zero-order valence-electron chi connectivity index (χ0n) is 10.7. The van der Waals surface area contributed by atoms with Gasteiger partial charge < -0.3 is 5.11 Å². The van der Waals surface area contributed by atoms with Crippen LogP contribution in [0.5, 0.6) is 0 Å². The first kappa shape index (κ1) is 13.6. The molecule has 1 N–H and O–H groups in total. The minimum Gasteiger partial charge on any atom is -0.481 e. The van der Waals surface area contributed by atoms with E-state index < -0.39 is 5.97 Å². The Morgan fingerprint density at radius 3 is 2.61 bits per heavy atom. The third-order valence-corrected chi connectivity index (χ3v) is 4.48. The predicted molar refractivity (Wildman–Crippen MR) is 74.1 cm³/mol. The quantitative estimate of drug-likeness (QED) is 0.891. The number of rotatable bonds is 5. The summed E-state index contributed by atoms with van der Waals surface area (Å²) in [7, 11) is 0. The van der Waals surface area contributed by atoms with Crippen LogP contribution in [0, 0.1) is 0 Å². The van der Waals surface area contributed by atoms with Crippen molar-refractivity contribution in [2.24, 2.45) is 0 Å². The number of nitrogens with zero attached hydrogens (tertiary/aromatic N) is 1. The number of aliphatic carboxylic acids is 1. The van der Waals surface area contributed by atoms with Crippen molar-refractivity contribution in [1.29, 1.82) is 0 Å². The Balaban J connectivity index is 2.00. The molecule has 0 amide bonds. The van der Waals surface area contributed by atoms with Crippen molar-refractivity contribution >= 4 is 17.3 Å². The molecule has 3 nitrogen and oxygen atoms in total. The fourth-order valence-electron chi connectivity index (χ4n) is 2.65. The highest BCUT2D eigenvalue weighted by Crippen LogP contribution is 2.20. The second kappa shape index (κ2) is 6.90. The summed E-state index contributed by atoms with van der Waals surface area (Å²) in [6, 6.07) is 4.32. The van der Waals surface area contributed by atoms with E-state index in [1.807, 2.05) is 6.07 Å². The molecule has 1 atom stereocenters. The topological polar surface area (TPSA) is 40.5 Å². The van der Waals surface area contributed by atoms with Crippen molar-refractivity contribution in [3.05, 3.63) is 22.4 Å². The lowest BCUT2D eigenvalue weighted by molar-refractivity contribution is -0.138. The molecule has 1 unspecified atom stereocenters. The average molecular weight is 267 g/mol. The Labute approximate surface area is 112 Å². The summed E-state index contributed by atoms with van der Waals surface area (Å²) in [4.78, 5) is 14.7. The molecular weight excluding hydrogens is 246 g/mol.